The van der Waals surface area contributed by atoms with Crippen molar-refractivity contribution in [3.05, 3.63) is 65.2 Å². The lowest BCUT2D eigenvalue weighted by Crippen LogP contribution is -2.12. The number of hydrogen-bond acceptors (Lipinski definition) is 3. The van der Waals surface area contributed by atoms with Gasteiger partial charge >= 0.3 is 0 Å². The molecule has 0 saturated carbocycles. The summed E-state index contributed by atoms with van der Waals surface area (Å²) in [6, 6.07) is 15.2. The van der Waals surface area contributed by atoms with Crippen LogP contribution in [0.1, 0.15) is 21.5 Å². The third-order valence-electron chi connectivity index (χ3n) is 3.07. The highest BCUT2D eigenvalue weighted by Gasteiger charge is 2.05. The summed E-state index contributed by atoms with van der Waals surface area (Å²) in [5.74, 6) is -0.478. The van der Waals surface area contributed by atoms with Crippen molar-refractivity contribution in [2.24, 2.45) is 5.73 Å². The third-order valence-corrected chi connectivity index (χ3v) is 3.07. The molecule has 0 bridgehead atoms. The van der Waals surface area contributed by atoms with Crippen LogP contribution < -0.4 is 11.5 Å². The molecule has 4 N–H and O–H groups in total. The van der Waals surface area contributed by atoms with Gasteiger partial charge in [0.05, 0.1) is 13.2 Å². The average Bonchev–Trinajstić information content (AvgIpc) is 2.46. The van der Waals surface area contributed by atoms with Crippen LogP contribution in [0.5, 0.6) is 0 Å². The van der Waals surface area contributed by atoms with Crippen LogP contribution in [-0.2, 0) is 17.8 Å². The monoisotopic (exact) mass is 270 g/mol. The van der Waals surface area contributed by atoms with E-state index in [-0.39, 0.29) is 0 Å². The Hall–Kier alpha value is -2.33. The zero-order chi connectivity index (χ0) is 14.4. The van der Waals surface area contributed by atoms with Crippen molar-refractivity contribution in [2.75, 3.05) is 12.3 Å². The molecule has 0 aliphatic carbocycles. The summed E-state index contributed by atoms with van der Waals surface area (Å²) in [4.78, 5) is 11.0. The molecule has 20 heavy (non-hydrogen) atoms. The Morgan fingerprint density at radius 2 is 1.85 bits per heavy atom. The topological polar surface area (TPSA) is 78.3 Å². The molecule has 2 aromatic carbocycles. The number of hydrogen-bond donors (Lipinski definition) is 2. The van der Waals surface area contributed by atoms with Crippen LogP contribution in [0.3, 0.4) is 0 Å². The van der Waals surface area contributed by atoms with Crippen LogP contribution in [0.15, 0.2) is 48.5 Å². The van der Waals surface area contributed by atoms with E-state index in [0.29, 0.717) is 24.5 Å². The lowest BCUT2D eigenvalue weighted by Gasteiger charge is -2.08. The summed E-state index contributed by atoms with van der Waals surface area (Å²) in [5.41, 5.74) is 14.1. The summed E-state index contributed by atoms with van der Waals surface area (Å²) < 4.78 is 5.61. The van der Waals surface area contributed by atoms with Crippen molar-refractivity contribution in [2.45, 2.75) is 13.0 Å². The van der Waals surface area contributed by atoms with Crippen molar-refractivity contribution < 1.29 is 9.53 Å². The van der Waals surface area contributed by atoms with Crippen LogP contribution in [0, 0.1) is 0 Å². The molecule has 0 heterocycles. The van der Waals surface area contributed by atoms with E-state index in [0.717, 1.165) is 12.0 Å². The first-order valence-electron chi connectivity index (χ1n) is 6.46. The molecule has 0 aliphatic rings. The minimum absolute atomic E-state index is 0.413. The number of ether oxygens (including phenoxy) is 1. The quantitative estimate of drug-likeness (QED) is 0.623. The molecule has 2 rings (SSSR count). The standard InChI is InChI=1S/C16H18N2O2/c17-15-10-13(16(18)19)6-7-14(15)11-20-9-8-12-4-2-1-3-5-12/h1-7,10H,8-9,11,17H2,(H2,18,19). The number of nitrogens with two attached hydrogens (primary N) is 2. The van der Waals surface area contributed by atoms with E-state index >= 15 is 0 Å². The molecule has 1 amide bonds. The van der Waals surface area contributed by atoms with Crippen LogP contribution in [-0.4, -0.2) is 12.5 Å². The first-order valence-corrected chi connectivity index (χ1v) is 6.46. The third kappa shape index (κ3) is 3.83. The van der Waals surface area contributed by atoms with Crippen molar-refractivity contribution >= 4 is 11.6 Å². The minimum atomic E-state index is -0.478. The molecular weight excluding hydrogens is 252 g/mol. The summed E-state index contributed by atoms with van der Waals surface area (Å²) in [7, 11) is 0. The smallest absolute Gasteiger partial charge is 0.248 e. The predicted molar refractivity (Wildman–Crippen MR) is 79.2 cm³/mol. The molecule has 0 fully saturated rings. The molecule has 0 saturated heterocycles. The maximum absolute atomic E-state index is 11.0. The number of carbonyl (C=O) groups is 1. The summed E-state index contributed by atoms with van der Waals surface area (Å²) in [6.07, 6.45) is 0.861. The van der Waals surface area contributed by atoms with Crippen LogP contribution in [0.2, 0.25) is 0 Å². The van der Waals surface area contributed by atoms with Crippen molar-refractivity contribution in [3.63, 3.8) is 0 Å². The average molecular weight is 270 g/mol. The van der Waals surface area contributed by atoms with Gasteiger partial charge in [-0.15, -0.1) is 0 Å². The Morgan fingerprint density at radius 1 is 1.10 bits per heavy atom. The Morgan fingerprint density at radius 3 is 2.50 bits per heavy atom. The van der Waals surface area contributed by atoms with Gasteiger partial charge < -0.3 is 16.2 Å². The number of amides is 1. The molecule has 0 unspecified atom stereocenters. The van der Waals surface area contributed by atoms with Crippen molar-refractivity contribution in [1.82, 2.24) is 0 Å². The number of benzene rings is 2. The molecule has 4 nitrogen and oxygen atoms in total. The molecule has 104 valence electrons. The Bertz CT molecular complexity index is 582. The van der Waals surface area contributed by atoms with Crippen molar-refractivity contribution in [1.29, 1.82) is 0 Å². The van der Waals surface area contributed by atoms with E-state index in [2.05, 4.69) is 12.1 Å². The fraction of sp³-hybridized carbons (Fsp3) is 0.188. The number of anilines is 1. The SMILES string of the molecule is NC(=O)c1ccc(COCCc2ccccc2)c(N)c1. The zero-order valence-corrected chi connectivity index (χ0v) is 11.2. The van der Waals surface area contributed by atoms with E-state index in [1.807, 2.05) is 18.2 Å². The first kappa shape index (κ1) is 14.1. The second-order valence-electron chi connectivity index (χ2n) is 4.57. The van der Waals surface area contributed by atoms with Gasteiger partial charge in [-0.05, 0) is 24.1 Å². The molecule has 0 aromatic heterocycles. The van der Waals surface area contributed by atoms with Gasteiger partial charge in [0.2, 0.25) is 5.91 Å². The normalized spacial score (nSPS) is 10.4. The lowest BCUT2D eigenvalue weighted by atomic mass is 10.1. The number of rotatable bonds is 6. The second-order valence-corrected chi connectivity index (χ2v) is 4.57. The van der Waals surface area contributed by atoms with E-state index in [9.17, 15) is 4.79 Å². The first-order chi connectivity index (χ1) is 9.66. The van der Waals surface area contributed by atoms with Crippen LogP contribution in [0.25, 0.3) is 0 Å². The van der Waals surface area contributed by atoms with Gasteiger partial charge in [-0.3, -0.25) is 4.79 Å². The Kier molecular flexibility index (Phi) is 4.74. The highest BCUT2D eigenvalue weighted by Crippen LogP contribution is 2.15. The molecule has 0 spiro atoms. The minimum Gasteiger partial charge on any atom is -0.398 e. The highest BCUT2D eigenvalue weighted by molar-refractivity contribution is 5.93. The Balaban J connectivity index is 1.84. The molecule has 2 aromatic rings. The molecule has 0 radical (unpaired) electrons. The fourth-order valence-corrected chi connectivity index (χ4v) is 1.90. The molecule has 0 atom stereocenters. The molecule has 4 heteroatoms. The highest BCUT2D eigenvalue weighted by atomic mass is 16.5. The summed E-state index contributed by atoms with van der Waals surface area (Å²) in [6.45, 7) is 1.05. The van der Waals surface area contributed by atoms with E-state index in [1.165, 1.54) is 5.56 Å². The van der Waals surface area contributed by atoms with Gasteiger partial charge in [0, 0.05) is 16.8 Å². The van der Waals surface area contributed by atoms with E-state index in [1.54, 1.807) is 18.2 Å². The molecular formula is C16H18N2O2. The largest absolute Gasteiger partial charge is 0.398 e. The number of nitrogen functional groups attached to an aromatic ring is 1. The fourth-order valence-electron chi connectivity index (χ4n) is 1.90. The van der Waals surface area contributed by atoms with Gasteiger partial charge in [0.25, 0.3) is 0 Å². The zero-order valence-electron chi connectivity index (χ0n) is 11.2. The van der Waals surface area contributed by atoms with Gasteiger partial charge in [0.1, 0.15) is 0 Å². The van der Waals surface area contributed by atoms with Gasteiger partial charge in [-0.25, -0.2) is 0 Å². The second kappa shape index (κ2) is 6.73. The number of primary amides is 1. The molecule has 0 aliphatic heterocycles. The van der Waals surface area contributed by atoms with Crippen molar-refractivity contribution in [3.8, 4) is 0 Å². The van der Waals surface area contributed by atoms with Crippen LogP contribution >= 0.6 is 0 Å². The van der Waals surface area contributed by atoms with Crippen LogP contribution in [0.4, 0.5) is 5.69 Å². The van der Waals surface area contributed by atoms with E-state index < -0.39 is 5.91 Å². The Labute approximate surface area is 118 Å². The maximum Gasteiger partial charge on any atom is 0.248 e. The predicted octanol–water partition coefficient (Wildman–Crippen LogP) is 2.13. The van der Waals surface area contributed by atoms with E-state index in [4.69, 9.17) is 16.2 Å². The summed E-state index contributed by atoms with van der Waals surface area (Å²) in [5, 5.41) is 0. The van der Waals surface area contributed by atoms with Gasteiger partial charge in [-0.1, -0.05) is 36.4 Å². The van der Waals surface area contributed by atoms with Gasteiger partial charge in [0.15, 0.2) is 0 Å². The lowest BCUT2D eigenvalue weighted by molar-refractivity contribution is 0.1000. The summed E-state index contributed by atoms with van der Waals surface area (Å²) >= 11 is 0. The maximum atomic E-state index is 11.0. The van der Waals surface area contributed by atoms with Gasteiger partial charge in [-0.2, -0.15) is 0 Å². The number of carbonyl (C=O) groups excluding carboxylic acids is 1.